The molecule has 0 aliphatic heterocycles. The molecule has 1 aromatic heterocycles. The molecule has 0 atom stereocenters. The summed E-state index contributed by atoms with van der Waals surface area (Å²) in [7, 11) is 0. The summed E-state index contributed by atoms with van der Waals surface area (Å²) in [4.78, 5) is 0. The van der Waals surface area contributed by atoms with Gasteiger partial charge in [-0.1, -0.05) is 23.7 Å². The van der Waals surface area contributed by atoms with Crippen LogP contribution < -0.4 is 0 Å². The molecule has 0 aliphatic rings. The van der Waals surface area contributed by atoms with Crippen LogP contribution in [-0.2, 0) is 13.2 Å². The van der Waals surface area contributed by atoms with Gasteiger partial charge in [0.1, 0.15) is 11.6 Å². The molecule has 0 saturated heterocycles. The summed E-state index contributed by atoms with van der Waals surface area (Å²) in [6, 6.07) is 9.01. The van der Waals surface area contributed by atoms with E-state index in [1.807, 2.05) is 0 Å². The number of nitrogens with zero attached hydrogens (tertiary/aromatic N) is 1. The molecule has 0 unspecified atom stereocenters. The van der Waals surface area contributed by atoms with E-state index >= 15 is 0 Å². The van der Waals surface area contributed by atoms with Gasteiger partial charge in [0, 0.05) is 27.7 Å². The molecule has 0 saturated carbocycles. The normalized spacial score (nSPS) is 11.2. The van der Waals surface area contributed by atoms with Crippen molar-refractivity contribution in [1.82, 2.24) is 4.57 Å². The maximum absolute atomic E-state index is 13.8. The molecule has 3 aromatic rings. The minimum absolute atomic E-state index is 0.0149. The van der Waals surface area contributed by atoms with Gasteiger partial charge in [0.25, 0.3) is 0 Å². The van der Waals surface area contributed by atoms with Crippen LogP contribution in [0.2, 0.25) is 5.02 Å². The molecule has 21 heavy (non-hydrogen) atoms. The van der Waals surface area contributed by atoms with E-state index in [4.69, 9.17) is 11.6 Å². The van der Waals surface area contributed by atoms with Crippen molar-refractivity contribution in [3.05, 3.63) is 70.4 Å². The summed E-state index contributed by atoms with van der Waals surface area (Å²) in [5.41, 5.74) is 1.41. The molecule has 0 bridgehead atoms. The minimum Gasteiger partial charge on any atom is -0.392 e. The summed E-state index contributed by atoms with van der Waals surface area (Å²) in [6.45, 7) is -0.111. The van der Waals surface area contributed by atoms with Gasteiger partial charge in [-0.3, -0.25) is 0 Å². The third-order valence-electron chi connectivity index (χ3n) is 3.49. The topological polar surface area (TPSA) is 25.2 Å². The first-order valence-electron chi connectivity index (χ1n) is 6.41. The van der Waals surface area contributed by atoms with Crippen molar-refractivity contribution in [3.63, 3.8) is 0 Å². The molecule has 0 aliphatic carbocycles. The molecular weight excluding hydrogens is 296 g/mol. The summed E-state index contributed by atoms with van der Waals surface area (Å²) in [6.07, 6.45) is 1.69. The SMILES string of the molecule is OCc1cn(Cc2c(F)cccc2F)c2cc(Cl)ccc12. The number of rotatable bonds is 3. The van der Waals surface area contributed by atoms with Gasteiger partial charge in [-0.05, 0) is 24.3 Å². The maximum Gasteiger partial charge on any atom is 0.131 e. The van der Waals surface area contributed by atoms with E-state index in [2.05, 4.69) is 0 Å². The van der Waals surface area contributed by atoms with Crippen molar-refractivity contribution in [1.29, 1.82) is 0 Å². The fourth-order valence-electron chi connectivity index (χ4n) is 2.45. The van der Waals surface area contributed by atoms with Gasteiger partial charge >= 0.3 is 0 Å². The fourth-order valence-corrected chi connectivity index (χ4v) is 2.62. The van der Waals surface area contributed by atoms with Crippen molar-refractivity contribution in [2.45, 2.75) is 13.2 Å². The number of aromatic nitrogens is 1. The predicted molar refractivity (Wildman–Crippen MR) is 78.3 cm³/mol. The van der Waals surface area contributed by atoms with Crippen LogP contribution in [0.3, 0.4) is 0 Å². The Labute approximate surface area is 125 Å². The van der Waals surface area contributed by atoms with Gasteiger partial charge in [-0.25, -0.2) is 8.78 Å². The molecule has 0 fully saturated rings. The van der Waals surface area contributed by atoms with Gasteiger partial charge in [-0.2, -0.15) is 0 Å². The summed E-state index contributed by atoms with van der Waals surface area (Å²) in [5.74, 6) is -1.19. The third kappa shape index (κ3) is 2.52. The monoisotopic (exact) mass is 307 g/mol. The van der Waals surface area contributed by atoms with Gasteiger partial charge in [-0.15, -0.1) is 0 Å². The molecule has 1 N–H and O–H groups in total. The van der Waals surface area contributed by atoms with Crippen molar-refractivity contribution >= 4 is 22.5 Å². The smallest absolute Gasteiger partial charge is 0.131 e. The molecule has 2 nitrogen and oxygen atoms in total. The van der Waals surface area contributed by atoms with E-state index < -0.39 is 11.6 Å². The largest absolute Gasteiger partial charge is 0.392 e. The quantitative estimate of drug-likeness (QED) is 0.774. The summed E-state index contributed by atoms with van der Waals surface area (Å²) >= 11 is 5.98. The molecule has 2 aromatic carbocycles. The third-order valence-corrected chi connectivity index (χ3v) is 3.72. The lowest BCUT2D eigenvalue weighted by Gasteiger charge is -2.08. The van der Waals surface area contributed by atoms with E-state index in [1.165, 1.54) is 18.2 Å². The second kappa shape index (κ2) is 5.47. The predicted octanol–water partition coefficient (Wildman–Crippen LogP) is 4.11. The Hall–Kier alpha value is -1.91. The van der Waals surface area contributed by atoms with E-state index in [0.717, 1.165) is 10.9 Å². The number of hydrogen-bond donors (Lipinski definition) is 1. The van der Waals surface area contributed by atoms with Crippen molar-refractivity contribution in [3.8, 4) is 0 Å². The Kier molecular flexibility index (Phi) is 3.66. The summed E-state index contributed by atoms with van der Waals surface area (Å²) in [5, 5.41) is 10.7. The van der Waals surface area contributed by atoms with Gasteiger partial charge in [0.2, 0.25) is 0 Å². The van der Waals surface area contributed by atoms with E-state index in [0.29, 0.717) is 10.6 Å². The number of aliphatic hydroxyl groups excluding tert-OH is 1. The van der Waals surface area contributed by atoms with Crippen LogP contribution in [0.5, 0.6) is 0 Å². The molecule has 5 heteroatoms. The molecule has 0 amide bonds. The van der Waals surface area contributed by atoms with Crippen LogP contribution in [0.15, 0.2) is 42.6 Å². The lowest BCUT2D eigenvalue weighted by atomic mass is 10.2. The zero-order chi connectivity index (χ0) is 15.0. The molecule has 1 heterocycles. The van der Waals surface area contributed by atoms with Crippen LogP contribution in [0.1, 0.15) is 11.1 Å². The van der Waals surface area contributed by atoms with Crippen LogP contribution in [0.25, 0.3) is 10.9 Å². The number of benzene rings is 2. The number of halogens is 3. The number of aliphatic hydroxyl groups is 1. The van der Waals surface area contributed by atoms with Crippen LogP contribution >= 0.6 is 11.6 Å². The lowest BCUT2D eigenvalue weighted by molar-refractivity contribution is 0.283. The number of hydrogen-bond acceptors (Lipinski definition) is 1. The zero-order valence-electron chi connectivity index (χ0n) is 11.0. The first-order valence-corrected chi connectivity index (χ1v) is 6.79. The Bertz CT molecular complexity index is 793. The molecule has 0 radical (unpaired) electrons. The highest BCUT2D eigenvalue weighted by Gasteiger charge is 2.13. The van der Waals surface area contributed by atoms with Gasteiger partial charge < -0.3 is 9.67 Å². The van der Waals surface area contributed by atoms with Gasteiger partial charge in [0.05, 0.1) is 18.7 Å². The van der Waals surface area contributed by atoms with Gasteiger partial charge in [0.15, 0.2) is 0 Å². The highest BCUT2D eigenvalue weighted by Crippen LogP contribution is 2.26. The fraction of sp³-hybridized carbons (Fsp3) is 0.125. The summed E-state index contributed by atoms with van der Waals surface area (Å²) < 4.78 is 29.2. The highest BCUT2D eigenvalue weighted by molar-refractivity contribution is 6.31. The Morgan fingerprint density at radius 2 is 1.81 bits per heavy atom. The first kappa shape index (κ1) is 14.0. The average Bonchev–Trinajstić information content (AvgIpc) is 2.80. The lowest BCUT2D eigenvalue weighted by Crippen LogP contribution is -2.03. The minimum atomic E-state index is -0.593. The average molecular weight is 308 g/mol. The second-order valence-electron chi connectivity index (χ2n) is 4.80. The molecular formula is C16H12ClF2NO. The Balaban J connectivity index is 2.14. The second-order valence-corrected chi connectivity index (χ2v) is 5.24. The van der Waals surface area contributed by atoms with Crippen molar-refractivity contribution in [2.24, 2.45) is 0 Å². The Morgan fingerprint density at radius 3 is 2.48 bits per heavy atom. The van der Waals surface area contributed by atoms with E-state index in [-0.39, 0.29) is 18.7 Å². The Morgan fingerprint density at radius 1 is 1.10 bits per heavy atom. The zero-order valence-corrected chi connectivity index (χ0v) is 11.7. The molecule has 108 valence electrons. The first-order chi connectivity index (χ1) is 10.1. The van der Waals surface area contributed by atoms with Crippen LogP contribution in [0, 0.1) is 11.6 Å². The van der Waals surface area contributed by atoms with Crippen molar-refractivity contribution < 1.29 is 13.9 Å². The number of fused-ring (bicyclic) bond motifs is 1. The maximum atomic E-state index is 13.8. The van der Waals surface area contributed by atoms with Crippen molar-refractivity contribution in [2.75, 3.05) is 0 Å². The molecule has 3 rings (SSSR count). The van der Waals surface area contributed by atoms with Crippen LogP contribution in [-0.4, -0.2) is 9.67 Å². The highest BCUT2D eigenvalue weighted by atomic mass is 35.5. The van der Waals surface area contributed by atoms with E-state index in [1.54, 1.807) is 29.0 Å². The van der Waals surface area contributed by atoms with E-state index in [9.17, 15) is 13.9 Å². The van der Waals surface area contributed by atoms with Crippen LogP contribution in [0.4, 0.5) is 8.78 Å². The standard InChI is InChI=1S/C16H12ClF2NO/c17-11-4-5-12-10(9-21)7-20(16(12)6-11)8-13-14(18)2-1-3-15(13)19/h1-7,21H,8-9H2. The molecule has 0 spiro atoms.